The number of aromatic amines is 1. The lowest BCUT2D eigenvalue weighted by atomic mass is 10.2. The zero-order chi connectivity index (χ0) is 17.1. The molecule has 0 aliphatic heterocycles. The molecule has 6 nitrogen and oxygen atoms in total. The fraction of sp³-hybridized carbons (Fsp3) is 0.133. The Morgan fingerprint density at radius 2 is 2.17 bits per heavy atom. The lowest BCUT2D eigenvalue weighted by molar-refractivity contribution is 0.355. The molecular weight excluding hydrogens is 368 g/mol. The molecule has 1 N–H and O–H groups in total. The van der Waals surface area contributed by atoms with Crippen LogP contribution in [-0.2, 0) is 0 Å². The molecule has 3 aromatic rings. The van der Waals surface area contributed by atoms with E-state index in [0.29, 0.717) is 32.7 Å². The van der Waals surface area contributed by atoms with Gasteiger partial charge in [0.2, 0.25) is 4.77 Å². The van der Waals surface area contributed by atoms with E-state index in [0.717, 1.165) is 4.88 Å². The first kappa shape index (κ1) is 16.7. The van der Waals surface area contributed by atoms with Crippen LogP contribution in [0, 0.1) is 4.77 Å². The number of benzene rings is 1. The fourth-order valence-corrected chi connectivity index (χ4v) is 3.25. The Morgan fingerprint density at radius 3 is 2.83 bits per heavy atom. The molecule has 1 aromatic carbocycles. The van der Waals surface area contributed by atoms with E-state index in [-0.39, 0.29) is 0 Å². The molecular formula is C15H13ClN4O2S2. The van der Waals surface area contributed by atoms with Gasteiger partial charge in [-0.2, -0.15) is 14.9 Å². The van der Waals surface area contributed by atoms with Gasteiger partial charge in [-0.3, -0.25) is 0 Å². The van der Waals surface area contributed by atoms with Gasteiger partial charge < -0.3 is 9.47 Å². The summed E-state index contributed by atoms with van der Waals surface area (Å²) in [7, 11) is 3.09. The molecule has 0 atom stereocenters. The van der Waals surface area contributed by atoms with E-state index < -0.39 is 0 Å². The van der Waals surface area contributed by atoms with Crippen LogP contribution in [0.5, 0.6) is 11.5 Å². The molecule has 2 heterocycles. The third-order valence-corrected chi connectivity index (χ3v) is 4.74. The minimum Gasteiger partial charge on any atom is -0.493 e. The molecule has 3 rings (SSSR count). The van der Waals surface area contributed by atoms with Gasteiger partial charge in [0.1, 0.15) is 0 Å². The Kier molecular flexibility index (Phi) is 4.98. The van der Waals surface area contributed by atoms with Crippen LogP contribution in [-0.4, -0.2) is 35.3 Å². The average molecular weight is 381 g/mol. The molecule has 0 spiro atoms. The lowest BCUT2D eigenvalue weighted by Crippen LogP contribution is -1.97. The Labute approximate surface area is 152 Å². The number of thiophene rings is 1. The molecule has 0 unspecified atom stereocenters. The highest BCUT2D eigenvalue weighted by Gasteiger charge is 2.13. The minimum absolute atomic E-state index is 0.395. The summed E-state index contributed by atoms with van der Waals surface area (Å²) in [5, 5.41) is 13.7. The molecule has 0 radical (unpaired) electrons. The number of nitrogens with one attached hydrogen (secondary N) is 1. The Bertz CT molecular complexity index is 932. The van der Waals surface area contributed by atoms with Crippen molar-refractivity contribution in [2.24, 2.45) is 5.10 Å². The molecule has 124 valence electrons. The third kappa shape index (κ3) is 3.08. The maximum Gasteiger partial charge on any atom is 0.216 e. The first-order valence-corrected chi connectivity index (χ1v) is 8.48. The molecule has 0 saturated carbocycles. The van der Waals surface area contributed by atoms with Crippen LogP contribution in [0.2, 0.25) is 5.02 Å². The van der Waals surface area contributed by atoms with Gasteiger partial charge in [0.25, 0.3) is 0 Å². The topological polar surface area (TPSA) is 64.4 Å². The number of ether oxygens (including phenoxy) is 2. The standard InChI is InChI=1S/C15H13ClN4O2S2/c1-21-10-6-5-9(12(16)13(10)22-2)8-17-20-14(18-19-15(20)23)11-4-3-7-24-11/h3-8H,1-2H3,(H,19,23)/b17-8-. The van der Waals surface area contributed by atoms with Crippen molar-refractivity contribution in [1.29, 1.82) is 0 Å². The second kappa shape index (κ2) is 7.16. The largest absolute Gasteiger partial charge is 0.493 e. The van der Waals surface area contributed by atoms with Gasteiger partial charge in [0.15, 0.2) is 17.3 Å². The van der Waals surface area contributed by atoms with Crippen LogP contribution in [0.3, 0.4) is 0 Å². The number of hydrogen-bond donors (Lipinski definition) is 1. The van der Waals surface area contributed by atoms with E-state index in [1.54, 1.807) is 41.5 Å². The fourth-order valence-electron chi connectivity index (χ4n) is 2.09. The molecule has 0 aliphatic carbocycles. The number of rotatable bonds is 5. The predicted octanol–water partition coefficient (Wildman–Crippen LogP) is 4.22. The predicted molar refractivity (Wildman–Crippen MR) is 98.3 cm³/mol. The van der Waals surface area contributed by atoms with Crippen LogP contribution in [0.1, 0.15) is 5.56 Å². The Morgan fingerprint density at radius 1 is 1.33 bits per heavy atom. The van der Waals surface area contributed by atoms with Crippen molar-refractivity contribution in [3.8, 4) is 22.2 Å². The number of halogens is 1. The van der Waals surface area contributed by atoms with Crippen molar-refractivity contribution in [2.75, 3.05) is 14.2 Å². The molecule has 0 saturated heterocycles. The van der Waals surface area contributed by atoms with Gasteiger partial charge >= 0.3 is 0 Å². The first-order chi connectivity index (χ1) is 11.7. The summed E-state index contributed by atoms with van der Waals surface area (Å²) in [6.07, 6.45) is 1.60. The Balaban J connectivity index is 2.01. The monoisotopic (exact) mass is 380 g/mol. The van der Waals surface area contributed by atoms with Crippen molar-refractivity contribution >= 4 is 41.4 Å². The van der Waals surface area contributed by atoms with Crippen molar-refractivity contribution < 1.29 is 9.47 Å². The summed E-state index contributed by atoms with van der Waals surface area (Å²) in [5.41, 5.74) is 0.676. The quantitative estimate of drug-likeness (QED) is 0.531. The number of methoxy groups -OCH3 is 2. The highest BCUT2D eigenvalue weighted by atomic mass is 35.5. The van der Waals surface area contributed by atoms with Gasteiger partial charge in [0.05, 0.1) is 30.3 Å². The van der Waals surface area contributed by atoms with E-state index in [9.17, 15) is 0 Å². The van der Waals surface area contributed by atoms with Gasteiger partial charge in [-0.15, -0.1) is 11.3 Å². The summed E-state index contributed by atoms with van der Waals surface area (Å²) < 4.78 is 12.5. The van der Waals surface area contributed by atoms with E-state index in [1.165, 1.54) is 7.11 Å². The summed E-state index contributed by atoms with van der Waals surface area (Å²) in [4.78, 5) is 0.956. The van der Waals surface area contributed by atoms with E-state index >= 15 is 0 Å². The third-order valence-electron chi connectivity index (χ3n) is 3.22. The molecule has 9 heteroatoms. The molecule has 0 fully saturated rings. The minimum atomic E-state index is 0.395. The van der Waals surface area contributed by atoms with Gasteiger partial charge in [-0.25, -0.2) is 5.10 Å². The van der Waals surface area contributed by atoms with Crippen LogP contribution in [0.4, 0.5) is 0 Å². The van der Waals surface area contributed by atoms with Crippen molar-refractivity contribution in [3.05, 3.63) is 45.0 Å². The van der Waals surface area contributed by atoms with Crippen molar-refractivity contribution in [3.63, 3.8) is 0 Å². The second-order valence-electron chi connectivity index (χ2n) is 4.59. The number of nitrogens with zero attached hydrogens (tertiary/aromatic N) is 3. The summed E-state index contributed by atoms with van der Waals surface area (Å²) in [6.45, 7) is 0. The summed E-state index contributed by atoms with van der Waals surface area (Å²) >= 11 is 13.2. The van der Waals surface area contributed by atoms with Crippen LogP contribution in [0.15, 0.2) is 34.7 Å². The van der Waals surface area contributed by atoms with Crippen LogP contribution in [0.25, 0.3) is 10.7 Å². The van der Waals surface area contributed by atoms with Crippen molar-refractivity contribution in [2.45, 2.75) is 0 Å². The average Bonchev–Trinajstić information content (AvgIpc) is 3.23. The summed E-state index contributed by atoms with van der Waals surface area (Å²) in [5.74, 6) is 1.65. The molecule has 0 amide bonds. The van der Waals surface area contributed by atoms with Gasteiger partial charge in [0, 0.05) is 5.56 Å². The maximum atomic E-state index is 6.36. The SMILES string of the molecule is COc1ccc(/C=N\n2c(-c3cccs3)n[nH]c2=S)c(Cl)c1OC. The highest BCUT2D eigenvalue weighted by Crippen LogP contribution is 2.36. The van der Waals surface area contributed by atoms with Gasteiger partial charge in [-0.1, -0.05) is 17.7 Å². The second-order valence-corrected chi connectivity index (χ2v) is 6.30. The number of aromatic nitrogens is 3. The lowest BCUT2D eigenvalue weighted by Gasteiger charge is -2.10. The molecule has 2 aromatic heterocycles. The van der Waals surface area contributed by atoms with E-state index in [2.05, 4.69) is 15.3 Å². The van der Waals surface area contributed by atoms with Crippen LogP contribution >= 0.6 is 35.2 Å². The summed E-state index contributed by atoms with van der Waals surface area (Å²) in [6, 6.07) is 7.45. The zero-order valence-corrected chi connectivity index (χ0v) is 15.2. The van der Waals surface area contributed by atoms with E-state index in [1.807, 2.05) is 17.5 Å². The highest BCUT2D eigenvalue weighted by molar-refractivity contribution is 7.71. The van der Waals surface area contributed by atoms with Crippen LogP contribution < -0.4 is 9.47 Å². The Hall–Kier alpha value is -2.16. The van der Waals surface area contributed by atoms with Gasteiger partial charge in [-0.05, 0) is 35.8 Å². The van der Waals surface area contributed by atoms with E-state index in [4.69, 9.17) is 33.3 Å². The van der Waals surface area contributed by atoms with Crippen molar-refractivity contribution in [1.82, 2.24) is 14.9 Å². The molecule has 0 aliphatic rings. The number of hydrogen-bond acceptors (Lipinski definition) is 6. The first-order valence-electron chi connectivity index (χ1n) is 6.82. The molecule has 0 bridgehead atoms. The smallest absolute Gasteiger partial charge is 0.216 e. The normalized spacial score (nSPS) is 11.1. The number of H-pyrrole nitrogens is 1. The maximum absolute atomic E-state index is 6.36. The molecule has 24 heavy (non-hydrogen) atoms. The zero-order valence-electron chi connectivity index (χ0n) is 12.8.